The number of carbonyl (C=O) groups excluding carboxylic acids is 1. The van der Waals surface area contributed by atoms with Gasteiger partial charge in [0, 0.05) is 47.2 Å². The van der Waals surface area contributed by atoms with E-state index in [1.165, 1.54) is 15.0 Å². The highest BCUT2D eigenvalue weighted by molar-refractivity contribution is 7.19. The van der Waals surface area contributed by atoms with Crippen molar-refractivity contribution in [2.45, 2.75) is 38.3 Å². The maximum absolute atomic E-state index is 12.5. The Hall–Kier alpha value is -2.18. The van der Waals surface area contributed by atoms with E-state index in [2.05, 4.69) is 52.6 Å². The van der Waals surface area contributed by atoms with Gasteiger partial charge in [-0.15, -0.1) is 11.3 Å². The Labute approximate surface area is 162 Å². The van der Waals surface area contributed by atoms with Crippen LogP contribution in [0.4, 0.5) is 0 Å². The zero-order valence-electron chi connectivity index (χ0n) is 15.4. The number of nitrogens with zero attached hydrogens (tertiary/aromatic N) is 2. The molecule has 1 saturated heterocycles. The number of thiophene rings is 1. The number of benzene rings is 1. The molecule has 1 aliphatic heterocycles. The number of likely N-dealkylation sites (tertiary alicyclic amines) is 1. The van der Waals surface area contributed by atoms with E-state index in [1.807, 2.05) is 17.4 Å². The Balaban J connectivity index is 1.21. The average Bonchev–Trinajstić information content (AvgIpc) is 3.09. The van der Waals surface area contributed by atoms with Crippen molar-refractivity contribution >= 4 is 27.3 Å². The third-order valence-electron chi connectivity index (χ3n) is 5.60. The van der Waals surface area contributed by atoms with Gasteiger partial charge in [0.15, 0.2) is 5.69 Å². The summed E-state index contributed by atoms with van der Waals surface area (Å²) in [6.07, 6.45) is 2.28. The van der Waals surface area contributed by atoms with E-state index in [4.69, 9.17) is 4.52 Å². The van der Waals surface area contributed by atoms with E-state index in [-0.39, 0.29) is 11.9 Å². The lowest BCUT2D eigenvalue weighted by Crippen LogP contribution is -2.39. The number of rotatable bonds is 5. The molecule has 1 N–H and O–H groups in total. The molecule has 0 spiro atoms. The third kappa shape index (κ3) is 3.51. The highest BCUT2D eigenvalue weighted by Crippen LogP contribution is 2.40. The fourth-order valence-electron chi connectivity index (χ4n) is 3.92. The molecule has 1 aliphatic carbocycles. The van der Waals surface area contributed by atoms with Crippen LogP contribution in [0.15, 0.2) is 40.9 Å². The van der Waals surface area contributed by atoms with Gasteiger partial charge in [-0.1, -0.05) is 30.3 Å². The third-order valence-corrected chi connectivity index (χ3v) is 6.70. The van der Waals surface area contributed by atoms with Gasteiger partial charge in [-0.3, -0.25) is 9.69 Å². The van der Waals surface area contributed by atoms with E-state index < -0.39 is 0 Å². The molecule has 1 amide bonds. The summed E-state index contributed by atoms with van der Waals surface area (Å²) in [4.78, 5) is 16.3. The predicted molar refractivity (Wildman–Crippen MR) is 106 cm³/mol. The molecule has 0 radical (unpaired) electrons. The Bertz CT molecular complexity index is 942. The van der Waals surface area contributed by atoms with Crippen LogP contribution in [0.2, 0.25) is 0 Å². The molecule has 2 fully saturated rings. The van der Waals surface area contributed by atoms with Gasteiger partial charge in [0.2, 0.25) is 0 Å². The summed E-state index contributed by atoms with van der Waals surface area (Å²) in [5, 5.41) is 8.43. The average molecular weight is 382 g/mol. The molecule has 2 aromatic heterocycles. The quantitative estimate of drug-likeness (QED) is 0.725. The fourth-order valence-corrected chi connectivity index (χ4v) is 5.03. The molecule has 3 aromatic rings. The van der Waals surface area contributed by atoms with Crippen molar-refractivity contribution in [2.24, 2.45) is 5.92 Å². The molecule has 5 nitrogen and oxygen atoms in total. The molecule has 2 aliphatic rings. The van der Waals surface area contributed by atoms with Crippen molar-refractivity contribution in [3.05, 3.63) is 52.7 Å². The highest BCUT2D eigenvalue weighted by Gasteiger charge is 2.33. The fraction of sp³-hybridized carbons (Fsp3) is 0.429. The van der Waals surface area contributed by atoms with Crippen LogP contribution in [0.1, 0.15) is 46.8 Å². The smallest absolute Gasteiger partial charge is 0.273 e. The Morgan fingerprint density at radius 1 is 1.30 bits per heavy atom. The summed E-state index contributed by atoms with van der Waals surface area (Å²) in [5.41, 5.74) is 0.409. The minimum absolute atomic E-state index is 0.119. The minimum Gasteiger partial charge on any atom is -0.360 e. The van der Waals surface area contributed by atoms with Crippen LogP contribution in [-0.2, 0) is 6.54 Å². The Morgan fingerprint density at radius 3 is 2.96 bits per heavy atom. The molecular weight excluding hydrogens is 358 g/mol. The molecule has 5 rings (SSSR count). The molecule has 1 saturated carbocycles. The lowest BCUT2D eigenvalue weighted by Gasteiger charge is -2.16. The van der Waals surface area contributed by atoms with Crippen LogP contribution in [0.3, 0.4) is 0 Å². The van der Waals surface area contributed by atoms with Gasteiger partial charge < -0.3 is 9.84 Å². The number of aromatic nitrogens is 1. The van der Waals surface area contributed by atoms with Crippen molar-refractivity contribution in [1.82, 2.24) is 15.4 Å². The van der Waals surface area contributed by atoms with E-state index >= 15 is 0 Å². The maximum Gasteiger partial charge on any atom is 0.273 e. The second-order valence-electron chi connectivity index (χ2n) is 7.89. The molecule has 27 heavy (non-hydrogen) atoms. The summed E-state index contributed by atoms with van der Waals surface area (Å²) in [5.74, 6) is 1.62. The molecule has 0 bridgehead atoms. The van der Waals surface area contributed by atoms with Crippen molar-refractivity contribution in [2.75, 3.05) is 13.1 Å². The topological polar surface area (TPSA) is 58.4 Å². The molecule has 1 aromatic carbocycles. The minimum atomic E-state index is -0.119. The summed E-state index contributed by atoms with van der Waals surface area (Å²) in [6, 6.07) is 12.7. The van der Waals surface area contributed by atoms with Crippen molar-refractivity contribution in [3.8, 4) is 0 Å². The molecule has 2 atom stereocenters. The second-order valence-corrected chi connectivity index (χ2v) is 9.06. The highest BCUT2D eigenvalue weighted by atomic mass is 32.1. The number of fused-ring (bicyclic) bond motifs is 1. The Morgan fingerprint density at radius 2 is 2.15 bits per heavy atom. The lowest BCUT2D eigenvalue weighted by atomic mass is 10.1. The molecule has 0 unspecified atom stereocenters. The van der Waals surface area contributed by atoms with Gasteiger partial charge >= 0.3 is 0 Å². The van der Waals surface area contributed by atoms with E-state index in [1.54, 1.807) is 0 Å². The number of amides is 1. The zero-order valence-corrected chi connectivity index (χ0v) is 16.2. The normalized spacial score (nSPS) is 23.1. The largest absolute Gasteiger partial charge is 0.360 e. The second kappa shape index (κ2) is 6.77. The van der Waals surface area contributed by atoms with Crippen molar-refractivity contribution in [1.29, 1.82) is 0 Å². The monoisotopic (exact) mass is 381 g/mol. The zero-order chi connectivity index (χ0) is 18.4. The van der Waals surface area contributed by atoms with Crippen LogP contribution in [0.5, 0.6) is 0 Å². The summed E-state index contributed by atoms with van der Waals surface area (Å²) < 4.78 is 6.65. The van der Waals surface area contributed by atoms with Gasteiger partial charge in [-0.25, -0.2) is 0 Å². The standard InChI is InChI=1S/C21H23N3O2S/c1-13-10-24(11-16-8-15-4-2-3-5-20(15)27-16)12-18(13)22-21(25)17-9-19(26-23-17)14-6-7-14/h2-5,8-9,13-14,18H,6-7,10-12H2,1H3,(H,22,25)/t13-,18-/m1/s1. The number of hydrogen-bond donors (Lipinski definition) is 1. The number of carbonyl (C=O) groups is 1. The summed E-state index contributed by atoms with van der Waals surface area (Å²) >= 11 is 1.86. The van der Waals surface area contributed by atoms with Gasteiger partial charge in [0.25, 0.3) is 5.91 Å². The molecule has 3 heterocycles. The number of nitrogens with one attached hydrogen (secondary N) is 1. The van der Waals surface area contributed by atoms with E-state index in [9.17, 15) is 4.79 Å². The van der Waals surface area contributed by atoms with Crippen LogP contribution >= 0.6 is 11.3 Å². The van der Waals surface area contributed by atoms with Crippen LogP contribution < -0.4 is 5.32 Å². The van der Waals surface area contributed by atoms with Gasteiger partial charge in [-0.2, -0.15) is 0 Å². The predicted octanol–water partition coefficient (Wildman–Crippen LogP) is 4.02. The van der Waals surface area contributed by atoms with Crippen molar-refractivity contribution in [3.63, 3.8) is 0 Å². The summed E-state index contributed by atoms with van der Waals surface area (Å²) in [6.45, 7) is 5.00. The van der Waals surface area contributed by atoms with Crippen molar-refractivity contribution < 1.29 is 9.32 Å². The first kappa shape index (κ1) is 17.0. The van der Waals surface area contributed by atoms with Crippen LogP contribution in [0, 0.1) is 5.92 Å². The summed E-state index contributed by atoms with van der Waals surface area (Å²) in [7, 11) is 0. The van der Waals surface area contributed by atoms with Crippen LogP contribution in [0.25, 0.3) is 10.1 Å². The molecular formula is C21H23N3O2S. The van der Waals surface area contributed by atoms with Gasteiger partial charge in [-0.05, 0) is 36.3 Å². The first-order chi connectivity index (χ1) is 13.2. The SMILES string of the molecule is C[C@@H]1CN(Cc2cc3ccccc3s2)C[C@H]1NC(=O)c1cc(C2CC2)on1. The first-order valence-corrected chi connectivity index (χ1v) is 10.4. The first-order valence-electron chi connectivity index (χ1n) is 9.63. The maximum atomic E-state index is 12.5. The molecule has 140 valence electrons. The lowest BCUT2D eigenvalue weighted by molar-refractivity contribution is 0.0922. The van der Waals surface area contributed by atoms with E-state index in [0.29, 0.717) is 17.5 Å². The Kier molecular flexibility index (Phi) is 4.25. The van der Waals surface area contributed by atoms with E-state index in [0.717, 1.165) is 38.2 Å². The van der Waals surface area contributed by atoms with Gasteiger partial charge in [0.05, 0.1) is 0 Å². The van der Waals surface area contributed by atoms with Gasteiger partial charge in [0.1, 0.15) is 5.76 Å². The molecule has 6 heteroatoms. The number of hydrogen-bond acceptors (Lipinski definition) is 5. The van der Waals surface area contributed by atoms with Crippen LogP contribution in [-0.4, -0.2) is 35.1 Å².